The Morgan fingerprint density at radius 2 is 1.27 bits per heavy atom. The van der Waals surface area contributed by atoms with Crippen LogP contribution in [0.15, 0.2) is 102 Å². The van der Waals surface area contributed by atoms with Crippen LogP contribution in [0.1, 0.15) is 63.6 Å². The zero-order chi connectivity index (χ0) is 23.0. The molecule has 0 aromatic heterocycles. The summed E-state index contributed by atoms with van der Waals surface area (Å²) in [5, 5.41) is 0. The number of rotatable bonds is 2. The lowest BCUT2D eigenvalue weighted by Gasteiger charge is -2.42. The van der Waals surface area contributed by atoms with Gasteiger partial charge in [-0.25, -0.2) is 0 Å². The second-order valence-electron chi connectivity index (χ2n) is 12.0. The third-order valence-electron chi connectivity index (χ3n) is 8.59. The lowest BCUT2D eigenvalue weighted by Crippen LogP contribution is -2.37. The van der Waals surface area contributed by atoms with Crippen molar-refractivity contribution in [1.29, 1.82) is 0 Å². The molecule has 0 N–H and O–H groups in total. The zero-order valence-corrected chi connectivity index (χ0v) is 20.5. The third kappa shape index (κ3) is 2.83. The van der Waals surface area contributed by atoms with Crippen molar-refractivity contribution in [3.05, 3.63) is 119 Å². The van der Waals surface area contributed by atoms with Crippen LogP contribution in [0.3, 0.4) is 0 Å². The van der Waals surface area contributed by atoms with Gasteiger partial charge >= 0.3 is 0 Å². The normalized spacial score (nSPS) is 25.3. The molecule has 3 aromatic rings. The molecule has 2 unspecified atom stereocenters. The predicted molar refractivity (Wildman–Crippen MR) is 139 cm³/mol. The Kier molecular flexibility index (Phi) is 4.29. The molecule has 3 aliphatic rings. The van der Waals surface area contributed by atoms with E-state index in [0.717, 1.165) is 6.42 Å². The van der Waals surface area contributed by atoms with Crippen molar-refractivity contribution in [2.24, 2.45) is 16.7 Å². The average Bonchev–Trinajstić information content (AvgIpc) is 3.45. The first-order chi connectivity index (χ1) is 15.7. The standard InChI is InChI=1S/C33H34/c1-31(2,3)23-19-28-29(20-23)33(21-32(28,4)5,22-13-7-6-8-14-22)30-26-17-11-9-15-24(26)25-16-10-12-18-27(25)30/h6-20,29-30H,21H2,1-5H3. The van der Waals surface area contributed by atoms with Crippen LogP contribution in [-0.2, 0) is 5.41 Å². The fourth-order valence-electron chi connectivity index (χ4n) is 7.22. The first kappa shape index (κ1) is 20.7. The molecule has 0 amide bonds. The van der Waals surface area contributed by atoms with Gasteiger partial charge in [0.1, 0.15) is 0 Å². The number of fused-ring (bicyclic) bond motifs is 4. The van der Waals surface area contributed by atoms with E-state index >= 15 is 0 Å². The van der Waals surface area contributed by atoms with Crippen LogP contribution in [0.4, 0.5) is 0 Å². The fourth-order valence-corrected chi connectivity index (χ4v) is 7.22. The van der Waals surface area contributed by atoms with Gasteiger partial charge in [0.2, 0.25) is 0 Å². The van der Waals surface area contributed by atoms with E-state index in [0.29, 0.717) is 11.8 Å². The molecule has 3 aromatic carbocycles. The molecule has 3 aliphatic carbocycles. The van der Waals surface area contributed by atoms with Gasteiger partial charge < -0.3 is 0 Å². The molecular formula is C33H34. The molecule has 0 heterocycles. The quantitative estimate of drug-likeness (QED) is 0.381. The summed E-state index contributed by atoms with van der Waals surface area (Å²) in [7, 11) is 0. The van der Waals surface area contributed by atoms with Gasteiger partial charge in [-0.2, -0.15) is 0 Å². The van der Waals surface area contributed by atoms with E-state index in [9.17, 15) is 0 Å². The maximum atomic E-state index is 2.64. The number of hydrogen-bond donors (Lipinski definition) is 0. The predicted octanol–water partition coefficient (Wildman–Crippen LogP) is 8.70. The molecule has 0 radical (unpaired) electrons. The minimum absolute atomic E-state index is 0.00764. The Hall–Kier alpha value is -2.86. The van der Waals surface area contributed by atoms with Crippen LogP contribution in [0, 0.1) is 16.7 Å². The van der Waals surface area contributed by atoms with E-state index in [2.05, 4.69) is 126 Å². The van der Waals surface area contributed by atoms with Gasteiger partial charge in [0, 0.05) is 17.3 Å². The van der Waals surface area contributed by atoms with Crippen molar-refractivity contribution < 1.29 is 0 Å². The summed E-state index contributed by atoms with van der Waals surface area (Å²) in [5.74, 6) is 0.756. The highest BCUT2D eigenvalue weighted by Gasteiger charge is 2.60. The molecule has 2 atom stereocenters. The van der Waals surface area contributed by atoms with Crippen molar-refractivity contribution in [2.45, 2.75) is 52.4 Å². The molecule has 6 rings (SSSR count). The highest BCUT2D eigenvalue weighted by atomic mass is 14.6. The molecule has 1 saturated carbocycles. The minimum atomic E-state index is -0.00764. The summed E-state index contributed by atoms with van der Waals surface area (Å²) in [6.45, 7) is 12.0. The van der Waals surface area contributed by atoms with Gasteiger partial charge in [-0.3, -0.25) is 0 Å². The first-order valence-corrected chi connectivity index (χ1v) is 12.4. The largest absolute Gasteiger partial charge is 0.0726 e. The zero-order valence-electron chi connectivity index (χ0n) is 20.5. The molecular weight excluding hydrogens is 396 g/mol. The Bertz CT molecular complexity index is 1250. The van der Waals surface area contributed by atoms with Crippen molar-refractivity contribution in [3.63, 3.8) is 0 Å². The number of allylic oxidation sites excluding steroid dienone is 4. The SMILES string of the molecule is CC(C)(C)C1=CC2C(=C1)C(C)(C)CC2(c1ccccc1)C1c2ccccc2-c2ccccc21. The molecule has 0 bridgehead atoms. The van der Waals surface area contributed by atoms with E-state index in [1.807, 2.05) is 0 Å². The highest BCUT2D eigenvalue weighted by molar-refractivity contribution is 5.80. The minimum Gasteiger partial charge on any atom is -0.0726 e. The molecule has 33 heavy (non-hydrogen) atoms. The van der Waals surface area contributed by atoms with Crippen LogP contribution in [0.25, 0.3) is 11.1 Å². The lowest BCUT2D eigenvalue weighted by atomic mass is 9.60. The van der Waals surface area contributed by atoms with Crippen LogP contribution in [-0.4, -0.2) is 0 Å². The molecule has 0 aliphatic heterocycles. The van der Waals surface area contributed by atoms with E-state index < -0.39 is 0 Å². The Morgan fingerprint density at radius 3 is 1.85 bits per heavy atom. The van der Waals surface area contributed by atoms with Crippen LogP contribution in [0.2, 0.25) is 0 Å². The molecule has 0 spiro atoms. The second kappa shape index (κ2) is 6.83. The van der Waals surface area contributed by atoms with Crippen LogP contribution >= 0.6 is 0 Å². The highest BCUT2D eigenvalue weighted by Crippen LogP contribution is 2.69. The summed E-state index contributed by atoms with van der Waals surface area (Å²) >= 11 is 0. The second-order valence-corrected chi connectivity index (χ2v) is 12.0. The van der Waals surface area contributed by atoms with E-state index in [4.69, 9.17) is 0 Å². The summed E-state index contributed by atoms with van der Waals surface area (Å²) in [6, 6.07) is 29.7. The van der Waals surface area contributed by atoms with Crippen molar-refractivity contribution in [2.75, 3.05) is 0 Å². The number of benzene rings is 3. The van der Waals surface area contributed by atoms with Gasteiger partial charge in [-0.05, 0) is 50.6 Å². The molecule has 1 fully saturated rings. The van der Waals surface area contributed by atoms with E-state index in [1.165, 1.54) is 33.4 Å². The monoisotopic (exact) mass is 430 g/mol. The first-order valence-electron chi connectivity index (χ1n) is 12.4. The summed E-state index contributed by atoms with van der Waals surface area (Å²) in [4.78, 5) is 0. The van der Waals surface area contributed by atoms with Gasteiger partial charge in [-0.15, -0.1) is 0 Å². The summed E-state index contributed by atoms with van der Waals surface area (Å²) < 4.78 is 0. The molecule has 0 heteroatoms. The maximum Gasteiger partial charge on any atom is 0.0208 e. The van der Waals surface area contributed by atoms with Gasteiger partial charge in [-0.1, -0.05) is 131 Å². The van der Waals surface area contributed by atoms with Crippen molar-refractivity contribution in [1.82, 2.24) is 0 Å². The van der Waals surface area contributed by atoms with E-state index in [1.54, 1.807) is 5.57 Å². The Balaban J connectivity index is 1.68. The third-order valence-corrected chi connectivity index (χ3v) is 8.59. The topological polar surface area (TPSA) is 0 Å². The molecule has 0 saturated heterocycles. The average molecular weight is 431 g/mol. The van der Waals surface area contributed by atoms with E-state index in [-0.39, 0.29) is 16.2 Å². The molecule has 166 valence electrons. The number of hydrogen-bond acceptors (Lipinski definition) is 0. The fraction of sp³-hybridized carbons (Fsp3) is 0.333. The maximum absolute atomic E-state index is 2.64. The van der Waals surface area contributed by atoms with Crippen LogP contribution < -0.4 is 0 Å². The smallest absolute Gasteiger partial charge is 0.0208 e. The Labute approximate surface area is 199 Å². The molecule has 0 nitrogen and oxygen atoms in total. The van der Waals surface area contributed by atoms with Crippen molar-refractivity contribution >= 4 is 0 Å². The van der Waals surface area contributed by atoms with Gasteiger partial charge in [0.25, 0.3) is 0 Å². The summed E-state index contributed by atoms with van der Waals surface area (Å²) in [5.41, 5.74) is 10.7. The summed E-state index contributed by atoms with van der Waals surface area (Å²) in [6.07, 6.45) is 6.35. The Morgan fingerprint density at radius 1 is 0.727 bits per heavy atom. The van der Waals surface area contributed by atoms with Gasteiger partial charge in [0.05, 0.1) is 0 Å². The lowest BCUT2D eigenvalue weighted by molar-refractivity contribution is 0.299. The van der Waals surface area contributed by atoms with Crippen molar-refractivity contribution in [3.8, 4) is 11.1 Å². The van der Waals surface area contributed by atoms with Crippen LogP contribution in [0.5, 0.6) is 0 Å². The van der Waals surface area contributed by atoms with Gasteiger partial charge in [0.15, 0.2) is 0 Å².